The van der Waals surface area contributed by atoms with Crippen LogP contribution in [-0.2, 0) is 6.54 Å². The Kier molecular flexibility index (Phi) is 4.39. The molecule has 22 heavy (non-hydrogen) atoms. The van der Waals surface area contributed by atoms with Gasteiger partial charge in [0.2, 0.25) is 0 Å². The topological polar surface area (TPSA) is 40.4 Å². The van der Waals surface area contributed by atoms with Crippen LogP contribution in [0.5, 0.6) is 5.75 Å². The second-order valence-corrected chi connectivity index (χ2v) is 6.18. The molecule has 0 spiro atoms. The Morgan fingerprint density at radius 3 is 2.59 bits per heavy atom. The zero-order chi connectivity index (χ0) is 15.5. The van der Waals surface area contributed by atoms with Gasteiger partial charge in [-0.25, -0.2) is 0 Å². The lowest BCUT2D eigenvalue weighted by Crippen LogP contribution is -2.24. The minimum absolute atomic E-state index is 0.330. The van der Waals surface area contributed by atoms with Gasteiger partial charge in [0.1, 0.15) is 5.75 Å². The summed E-state index contributed by atoms with van der Waals surface area (Å²) < 4.78 is 2.30. The maximum absolute atomic E-state index is 9.81. The number of hydrogen-bond donors (Lipinski definition) is 2. The van der Waals surface area contributed by atoms with Crippen LogP contribution in [0.1, 0.15) is 24.1 Å². The Balaban J connectivity index is 1.65. The molecule has 3 rings (SSSR count). The number of aromatic nitrogens is 1. The van der Waals surface area contributed by atoms with Crippen molar-refractivity contribution in [3.8, 4) is 5.75 Å². The van der Waals surface area contributed by atoms with Gasteiger partial charge in [0.25, 0.3) is 0 Å². The molecular weight excluding hydrogens is 274 g/mol. The zero-order valence-electron chi connectivity index (χ0n) is 13.5. The summed E-state index contributed by atoms with van der Waals surface area (Å²) in [4.78, 5) is 2.53. The van der Waals surface area contributed by atoms with Crippen molar-refractivity contribution in [3.63, 3.8) is 0 Å². The van der Waals surface area contributed by atoms with Crippen molar-refractivity contribution in [2.75, 3.05) is 25.0 Å². The Labute approximate surface area is 132 Å². The lowest BCUT2D eigenvalue weighted by molar-refractivity contribution is 0.321. The number of nitrogens with zero attached hydrogens (tertiary/aromatic N) is 2. The first kappa shape index (κ1) is 15.0. The lowest BCUT2D eigenvalue weighted by atomic mass is 10.2. The molecule has 1 aliphatic heterocycles. The average molecular weight is 299 g/mol. The summed E-state index contributed by atoms with van der Waals surface area (Å²) in [5.74, 6) is 0.330. The number of nitrogens with one attached hydrogen (secondary N) is 1. The van der Waals surface area contributed by atoms with E-state index >= 15 is 0 Å². The van der Waals surface area contributed by atoms with Gasteiger partial charge in [0, 0.05) is 36.7 Å². The number of hydrogen-bond acceptors (Lipinski definition) is 3. The van der Waals surface area contributed by atoms with Crippen LogP contribution in [0.15, 0.2) is 30.5 Å². The molecule has 0 unspecified atom stereocenters. The molecule has 0 saturated carbocycles. The largest absolute Gasteiger partial charge is 0.508 e. The van der Waals surface area contributed by atoms with Crippen LogP contribution < -0.4 is 5.32 Å². The monoisotopic (exact) mass is 299 g/mol. The van der Waals surface area contributed by atoms with E-state index in [0.717, 1.165) is 30.0 Å². The van der Waals surface area contributed by atoms with Gasteiger partial charge in [-0.2, -0.15) is 0 Å². The van der Waals surface area contributed by atoms with E-state index in [1.165, 1.54) is 31.6 Å². The summed E-state index contributed by atoms with van der Waals surface area (Å²) in [5.41, 5.74) is 4.15. The highest BCUT2D eigenvalue weighted by atomic mass is 16.3. The highest BCUT2D eigenvalue weighted by Gasteiger charge is 2.12. The highest BCUT2D eigenvalue weighted by molar-refractivity contribution is 5.64. The van der Waals surface area contributed by atoms with Crippen molar-refractivity contribution >= 4 is 11.4 Å². The summed E-state index contributed by atoms with van der Waals surface area (Å²) >= 11 is 0. The van der Waals surface area contributed by atoms with Crippen LogP contribution in [0.2, 0.25) is 0 Å². The smallest absolute Gasteiger partial charge is 0.120 e. The third-order valence-electron chi connectivity index (χ3n) is 4.59. The Bertz CT molecular complexity index is 642. The molecule has 1 aromatic carbocycles. The number of likely N-dealkylation sites (tertiary alicyclic amines) is 1. The minimum atomic E-state index is 0.330. The second kappa shape index (κ2) is 6.44. The van der Waals surface area contributed by atoms with Gasteiger partial charge in [-0.3, -0.25) is 0 Å². The van der Waals surface area contributed by atoms with Crippen molar-refractivity contribution in [2.24, 2.45) is 0 Å². The van der Waals surface area contributed by atoms with Gasteiger partial charge in [-0.15, -0.1) is 0 Å². The molecule has 1 fully saturated rings. The number of phenolic OH excluding ortho intramolecular Hbond substituents is 1. The van der Waals surface area contributed by atoms with Gasteiger partial charge < -0.3 is 19.9 Å². The first-order valence-electron chi connectivity index (χ1n) is 8.08. The predicted octanol–water partition coefficient (Wildman–Crippen LogP) is 3.65. The molecule has 4 heteroatoms. The molecule has 0 bridgehead atoms. The van der Waals surface area contributed by atoms with Gasteiger partial charge in [0.05, 0.1) is 5.69 Å². The molecule has 0 amide bonds. The fourth-order valence-electron chi connectivity index (χ4n) is 3.02. The van der Waals surface area contributed by atoms with E-state index < -0.39 is 0 Å². The van der Waals surface area contributed by atoms with Crippen LogP contribution >= 0.6 is 0 Å². The Morgan fingerprint density at radius 2 is 1.86 bits per heavy atom. The standard InChI is InChI=1S/C18H25N3O/c1-14-5-6-16(13-18(14)22)19-17-7-10-21(15(17)2)12-11-20-8-3-4-9-20/h5-7,10,13,19,22H,3-4,8-9,11-12H2,1-2H3. The summed E-state index contributed by atoms with van der Waals surface area (Å²) in [5, 5.41) is 13.2. The third-order valence-corrected chi connectivity index (χ3v) is 4.59. The van der Waals surface area contributed by atoms with Crippen molar-refractivity contribution in [3.05, 3.63) is 41.7 Å². The average Bonchev–Trinajstić information content (AvgIpc) is 3.12. The van der Waals surface area contributed by atoms with E-state index in [0.29, 0.717) is 5.75 Å². The van der Waals surface area contributed by atoms with Crippen molar-refractivity contribution in [2.45, 2.75) is 33.2 Å². The second-order valence-electron chi connectivity index (χ2n) is 6.18. The van der Waals surface area contributed by atoms with Crippen molar-refractivity contribution < 1.29 is 5.11 Å². The van der Waals surface area contributed by atoms with Crippen LogP contribution in [0, 0.1) is 13.8 Å². The molecule has 2 N–H and O–H groups in total. The maximum Gasteiger partial charge on any atom is 0.120 e. The number of benzene rings is 1. The lowest BCUT2D eigenvalue weighted by Gasteiger charge is -2.16. The molecule has 118 valence electrons. The molecule has 1 saturated heterocycles. The fraction of sp³-hybridized carbons (Fsp3) is 0.444. The minimum Gasteiger partial charge on any atom is -0.508 e. The van der Waals surface area contributed by atoms with E-state index in [9.17, 15) is 5.11 Å². The van der Waals surface area contributed by atoms with Gasteiger partial charge in [-0.1, -0.05) is 6.07 Å². The Morgan fingerprint density at radius 1 is 1.09 bits per heavy atom. The summed E-state index contributed by atoms with van der Waals surface area (Å²) in [7, 11) is 0. The van der Waals surface area contributed by atoms with Crippen LogP contribution in [-0.4, -0.2) is 34.2 Å². The van der Waals surface area contributed by atoms with E-state index in [1.807, 2.05) is 19.1 Å². The SMILES string of the molecule is Cc1ccc(Nc2ccn(CCN3CCCC3)c2C)cc1O. The maximum atomic E-state index is 9.81. The van der Waals surface area contributed by atoms with E-state index in [2.05, 4.69) is 34.0 Å². The van der Waals surface area contributed by atoms with Crippen LogP contribution in [0.3, 0.4) is 0 Å². The van der Waals surface area contributed by atoms with Crippen LogP contribution in [0.25, 0.3) is 0 Å². The summed E-state index contributed by atoms with van der Waals surface area (Å²) in [6.45, 7) is 8.69. The van der Waals surface area contributed by atoms with E-state index in [1.54, 1.807) is 6.07 Å². The number of rotatable bonds is 5. The predicted molar refractivity (Wildman–Crippen MR) is 91.0 cm³/mol. The number of anilines is 2. The zero-order valence-corrected chi connectivity index (χ0v) is 13.5. The van der Waals surface area contributed by atoms with Gasteiger partial charge >= 0.3 is 0 Å². The van der Waals surface area contributed by atoms with Crippen molar-refractivity contribution in [1.29, 1.82) is 0 Å². The third kappa shape index (κ3) is 3.28. The highest BCUT2D eigenvalue weighted by Crippen LogP contribution is 2.26. The Hall–Kier alpha value is -1.94. The van der Waals surface area contributed by atoms with Gasteiger partial charge in [0.15, 0.2) is 0 Å². The molecule has 0 atom stereocenters. The van der Waals surface area contributed by atoms with E-state index in [-0.39, 0.29) is 0 Å². The molecule has 0 radical (unpaired) electrons. The normalized spacial score (nSPS) is 15.4. The number of aromatic hydroxyl groups is 1. The molecule has 2 heterocycles. The fourth-order valence-corrected chi connectivity index (χ4v) is 3.02. The summed E-state index contributed by atoms with van der Waals surface area (Å²) in [6, 6.07) is 7.81. The number of phenols is 1. The first-order chi connectivity index (χ1) is 10.6. The van der Waals surface area contributed by atoms with Crippen molar-refractivity contribution in [1.82, 2.24) is 9.47 Å². The van der Waals surface area contributed by atoms with Gasteiger partial charge in [-0.05, 0) is 57.5 Å². The molecule has 2 aromatic rings. The molecule has 4 nitrogen and oxygen atoms in total. The molecular formula is C18H25N3O. The quantitative estimate of drug-likeness (QED) is 0.885. The number of aryl methyl sites for hydroxylation is 1. The molecule has 1 aromatic heterocycles. The molecule has 1 aliphatic rings. The molecule has 0 aliphatic carbocycles. The first-order valence-corrected chi connectivity index (χ1v) is 8.08. The summed E-state index contributed by atoms with van der Waals surface area (Å²) in [6.07, 6.45) is 4.82. The van der Waals surface area contributed by atoms with Crippen LogP contribution in [0.4, 0.5) is 11.4 Å². The van der Waals surface area contributed by atoms with E-state index in [4.69, 9.17) is 0 Å².